The lowest BCUT2D eigenvalue weighted by atomic mass is 10.2. The number of hydrogen-bond acceptors (Lipinski definition) is 2. The Morgan fingerprint density at radius 2 is 2.00 bits per heavy atom. The van der Waals surface area contributed by atoms with E-state index >= 15 is 0 Å². The number of halogens is 3. The second kappa shape index (κ2) is 5.69. The fourth-order valence-electron chi connectivity index (χ4n) is 1.44. The monoisotopic (exact) mass is 329 g/mol. The minimum atomic E-state index is -0.433. The SMILES string of the molecule is NCc1ccc(Oc2cc(Br)ccc2F)cc1Cl. The van der Waals surface area contributed by atoms with Crippen molar-refractivity contribution in [3.63, 3.8) is 0 Å². The van der Waals surface area contributed by atoms with Gasteiger partial charge in [-0.3, -0.25) is 0 Å². The zero-order valence-electron chi connectivity index (χ0n) is 9.29. The van der Waals surface area contributed by atoms with Crippen molar-refractivity contribution >= 4 is 27.5 Å². The molecular weight excluding hydrogens is 321 g/mol. The minimum Gasteiger partial charge on any atom is -0.454 e. The molecule has 0 saturated carbocycles. The first-order valence-electron chi connectivity index (χ1n) is 5.21. The molecule has 0 aliphatic heterocycles. The minimum absolute atomic E-state index is 0.140. The maximum absolute atomic E-state index is 13.5. The standard InChI is InChI=1S/C13H10BrClFNO/c14-9-2-4-12(16)13(5-9)18-10-3-1-8(7-17)11(15)6-10/h1-6H,7,17H2. The van der Waals surface area contributed by atoms with E-state index in [9.17, 15) is 4.39 Å². The van der Waals surface area contributed by atoms with E-state index in [0.717, 1.165) is 10.0 Å². The third-order valence-corrected chi connectivity index (χ3v) is 3.21. The summed E-state index contributed by atoms with van der Waals surface area (Å²) in [7, 11) is 0. The van der Waals surface area contributed by atoms with Gasteiger partial charge in [-0.1, -0.05) is 33.6 Å². The van der Waals surface area contributed by atoms with E-state index in [4.69, 9.17) is 22.1 Å². The van der Waals surface area contributed by atoms with Crippen molar-refractivity contribution in [1.29, 1.82) is 0 Å². The van der Waals surface area contributed by atoms with Crippen LogP contribution >= 0.6 is 27.5 Å². The Labute approximate surface area is 118 Å². The van der Waals surface area contributed by atoms with Gasteiger partial charge < -0.3 is 10.5 Å². The van der Waals surface area contributed by atoms with Crippen molar-refractivity contribution < 1.29 is 9.13 Å². The molecule has 0 spiro atoms. The summed E-state index contributed by atoms with van der Waals surface area (Å²) in [5.74, 6) is 0.173. The van der Waals surface area contributed by atoms with Crippen LogP contribution in [0.25, 0.3) is 0 Å². The molecular formula is C13H10BrClFNO. The van der Waals surface area contributed by atoms with Crippen LogP contribution in [0.1, 0.15) is 5.56 Å². The van der Waals surface area contributed by atoms with Crippen LogP contribution in [-0.2, 0) is 6.54 Å². The van der Waals surface area contributed by atoms with Gasteiger partial charge >= 0.3 is 0 Å². The summed E-state index contributed by atoms with van der Waals surface area (Å²) in [4.78, 5) is 0. The van der Waals surface area contributed by atoms with E-state index in [-0.39, 0.29) is 5.75 Å². The average Bonchev–Trinajstić information content (AvgIpc) is 2.34. The molecule has 2 N–H and O–H groups in total. The molecule has 2 aromatic carbocycles. The summed E-state index contributed by atoms with van der Waals surface area (Å²) in [5, 5.41) is 0.505. The highest BCUT2D eigenvalue weighted by Crippen LogP contribution is 2.30. The molecule has 18 heavy (non-hydrogen) atoms. The molecule has 0 aromatic heterocycles. The van der Waals surface area contributed by atoms with Gasteiger partial charge in [0.05, 0.1) is 0 Å². The van der Waals surface area contributed by atoms with Crippen LogP contribution in [0.3, 0.4) is 0 Å². The van der Waals surface area contributed by atoms with Gasteiger partial charge in [0.1, 0.15) is 5.75 Å². The smallest absolute Gasteiger partial charge is 0.165 e. The van der Waals surface area contributed by atoms with Crippen molar-refractivity contribution in [2.45, 2.75) is 6.54 Å². The van der Waals surface area contributed by atoms with Crippen molar-refractivity contribution in [3.8, 4) is 11.5 Å². The number of hydrogen-bond donors (Lipinski definition) is 1. The van der Waals surface area contributed by atoms with Crippen LogP contribution < -0.4 is 10.5 Å². The second-order valence-electron chi connectivity index (χ2n) is 3.63. The maximum atomic E-state index is 13.5. The third-order valence-electron chi connectivity index (χ3n) is 2.37. The van der Waals surface area contributed by atoms with Crippen molar-refractivity contribution in [2.24, 2.45) is 5.73 Å². The fraction of sp³-hybridized carbons (Fsp3) is 0.0769. The number of benzene rings is 2. The molecule has 0 aliphatic rings. The zero-order valence-corrected chi connectivity index (χ0v) is 11.6. The van der Waals surface area contributed by atoms with E-state index in [1.54, 1.807) is 30.3 Å². The van der Waals surface area contributed by atoms with Gasteiger partial charge in [0.25, 0.3) is 0 Å². The largest absolute Gasteiger partial charge is 0.454 e. The quantitative estimate of drug-likeness (QED) is 0.899. The predicted molar refractivity (Wildman–Crippen MR) is 73.5 cm³/mol. The fourth-order valence-corrected chi connectivity index (χ4v) is 2.03. The number of rotatable bonds is 3. The van der Waals surface area contributed by atoms with Gasteiger partial charge in [-0.15, -0.1) is 0 Å². The Morgan fingerprint density at radius 1 is 1.22 bits per heavy atom. The molecule has 0 radical (unpaired) electrons. The topological polar surface area (TPSA) is 35.2 Å². The Balaban J connectivity index is 2.28. The van der Waals surface area contributed by atoms with Crippen LogP contribution in [0.4, 0.5) is 4.39 Å². The van der Waals surface area contributed by atoms with E-state index in [2.05, 4.69) is 15.9 Å². The first kappa shape index (κ1) is 13.3. The van der Waals surface area contributed by atoms with Crippen LogP contribution in [0.5, 0.6) is 11.5 Å². The molecule has 2 rings (SSSR count). The first-order valence-corrected chi connectivity index (χ1v) is 6.38. The van der Waals surface area contributed by atoms with Gasteiger partial charge in [-0.05, 0) is 35.9 Å². The van der Waals surface area contributed by atoms with Crippen LogP contribution in [-0.4, -0.2) is 0 Å². The summed E-state index contributed by atoms with van der Waals surface area (Å²) in [5.41, 5.74) is 6.32. The number of nitrogens with two attached hydrogens (primary N) is 1. The molecule has 0 atom stereocenters. The van der Waals surface area contributed by atoms with Crippen molar-refractivity contribution in [1.82, 2.24) is 0 Å². The lowest BCUT2D eigenvalue weighted by Crippen LogP contribution is -1.97. The molecule has 0 aliphatic carbocycles. The van der Waals surface area contributed by atoms with E-state index in [0.29, 0.717) is 17.3 Å². The van der Waals surface area contributed by atoms with Crippen LogP contribution in [0, 0.1) is 5.82 Å². The second-order valence-corrected chi connectivity index (χ2v) is 4.96. The average molecular weight is 331 g/mol. The van der Waals surface area contributed by atoms with Crippen LogP contribution in [0.2, 0.25) is 5.02 Å². The number of ether oxygens (including phenoxy) is 1. The Bertz CT molecular complexity index is 577. The first-order chi connectivity index (χ1) is 8.60. The van der Waals surface area contributed by atoms with E-state index in [1.807, 2.05) is 0 Å². The van der Waals surface area contributed by atoms with Crippen molar-refractivity contribution in [2.75, 3.05) is 0 Å². The molecule has 0 unspecified atom stereocenters. The normalized spacial score (nSPS) is 10.4. The molecule has 94 valence electrons. The highest BCUT2D eigenvalue weighted by atomic mass is 79.9. The lowest BCUT2D eigenvalue weighted by Gasteiger charge is -2.09. The zero-order chi connectivity index (χ0) is 13.1. The summed E-state index contributed by atoms with van der Waals surface area (Å²) in [6.07, 6.45) is 0. The van der Waals surface area contributed by atoms with Gasteiger partial charge in [-0.2, -0.15) is 0 Å². The predicted octanol–water partition coefficient (Wildman–Crippen LogP) is 4.49. The lowest BCUT2D eigenvalue weighted by molar-refractivity contribution is 0.442. The summed E-state index contributed by atoms with van der Waals surface area (Å²) >= 11 is 9.26. The highest BCUT2D eigenvalue weighted by Gasteiger charge is 2.07. The Kier molecular flexibility index (Phi) is 4.22. The molecule has 0 heterocycles. The van der Waals surface area contributed by atoms with Gasteiger partial charge in [0, 0.05) is 16.0 Å². The van der Waals surface area contributed by atoms with Gasteiger partial charge in [0.2, 0.25) is 0 Å². The van der Waals surface area contributed by atoms with E-state index < -0.39 is 5.82 Å². The summed E-state index contributed by atoms with van der Waals surface area (Å²) < 4.78 is 19.7. The van der Waals surface area contributed by atoms with Crippen LogP contribution in [0.15, 0.2) is 40.9 Å². The molecule has 0 amide bonds. The van der Waals surface area contributed by atoms with E-state index in [1.165, 1.54) is 6.07 Å². The molecule has 2 nitrogen and oxygen atoms in total. The third kappa shape index (κ3) is 3.02. The van der Waals surface area contributed by atoms with Gasteiger partial charge in [0.15, 0.2) is 11.6 Å². The Hall–Kier alpha value is -1.10. The molecule has 5 heteroatoms. The van der Waals surface area contributed by atoms with Gasteiger partial charge in [-0.25, -0.2) is 4.39 Å². The molecule has 0 bridgehead atoms. The van der Waals surface area contributed by atoms with Crippen molar-refractivity contribution in [3.05, 3.63) is 57.3 Å². The Morgan fingerprint density at radius 3 is 2.67 bits per heavy atom. The maximum Gasteiger partial charge on any atom is 0.165 e. The molecule has 0 saturated heterocycles. The molecule has 2 aromatic rings. The summed E-state index contributed by atoms with van der Waals surface area (Å²) in [6, 6.07) is 9.56. The summed E-state index contributed by atoms with van der Waals surface area (Å²) in [6.45, 7) is 0.352. The molecule has 0 fully saturated rings. The highest BCUT2D eigenvalue weighted by molar-refractivity contribution is 9.10.